The number of fused-ring (bicyclic) bond motifs is 1. The molecule has 0 radical (unpaired) electrons. The summed E-state index contributed by atoms with van der Waals surface area (Å²) in [5.41, 5.74) is 5.51. The van der Waals surface area contributed by atoms with E-state index in [4.69, 9.17) is 18.0 Å². The highest BCUT2D eigenvalue weighted by Crippen LogP contribution is 2.42. The molecule has 0 aromatic heterocycles. The highest BCUT2D eigenvalue weighted by molar-refractivity contribution is 7.66. The molecule has 1 aliphatic heterocycles. The molecule has 4 nitrogen and oxygen atoms in total. The van der Waals surface area contributed by atoms with E-state index in [2.05, 4.69) is 45.9 Å². The fourth-order valence-electron chi connectivity index (χ4n) is 2.48. The Balaban J connectivity index is 0.000000444. The van der Waals surface area contributed by atoms with Crippen molar-refractivity contribution in [1.29, 1.82) is 0 Å². The largest absolute Gasteiger partial charge is 0.288 e. The van der Waals surface area contributed by atoms with Crippen molar-refractivity contribution in [2.75, 3.05) is 0 Å². The Morgan fingerprint density at radius 2 is 1.90 bits per heavy atom. The second-order valence-electron chi connectivity index (χ2n) is 5.47. The third kappa shape index (κ3) is 3.90. The fourth-order valence-corrected chi connectivity index (χ4v) is 2.48. The van der Waals surface area contributed by atoms with Crippen molar-refractivity contribution in [3.63, 3.8) is 0 Å². The number of rotatable bonds is 3. The maximum Gasteiger partial charge on any atom is 0.254 e. The molecule has 0 fully saturated rings. The molecular formula is C15H23NO3S. The third-order valence-corrected chi connectivity index (χ3v) is 3.75. The maximum atomic E-state index is 8.59. The molecule has 0 unspecified atom stereocenters. The first kappa shape index (κ1) is 16.9. The van der Waals surface area contributed by atoms with Crippen LogP contribution in [0.15, 0.2) is 23.2 Å². The standard InChI is InChI=1S/C15H21N.H2O3S/c1-5-6-8-12-9-7-10-13-14(12)15(3,4)11(2)16-13;1-4(2)3/h7,9-10H,5-6,8H2,1-4H3;4H,(H,1,2,3). The zero-order valence-electron chi connectivity index (χ0n) is 12.5. The number of unbranched alkanes of at least 4 members (excludes halogenated alkanes) is 1. The lowest BCUT2D eigenvalue weighted by Gasteiger charge is -2.23. The van der Waals surface area contributed by atoms with E-state index in [0.717, 1.165) is 0 Å². The van der Waals surface area contributed by atoms with Crippen molar-refractivity contribution < 1.29 is 13.0 Å². The normalized spacial score (nSPS) is 15.4. The van der Waals surface area contributed by atoms with Crippen LogP contribution in [0.4, 0.5) is 5.69 Å². The molecule has 0 saturated carbocycles. The van der Waals surface area contributed by atoms with Crippen molar-refractivity contribution in [1.82, 2.24) is 0 Å². The summed E-state index contributed by atoms with van der Waals surface area (Å²) < 4.78 is 24.2. The van der Waals surface area contributed by atoms with Crippen LogP contribution in [-0.2, 0) is 22.8 Å². The molecule has 20 heavy (non-hydrogen) atoms. The van der Waals surface area contributed by atoms with Crippen LogP contribution in [-0.4, -0.2) is 18.7 Å². The van der Waals surface area contributed by atoms with Gasteiger partial charge in [0.15, 0.2) is 0 Å². The van der Waals surface area contributed by atoms with Crippen LogP contribution in [0, 0.1) is 0 Å². The molecule has 112 valence electrons. The van der Waals surface area contributed by atoms with E-state index in [9.17, 15) is 0 Å². The molecule has 1 aromatic rings. The summed E-state index contributed by atoms with van der Waals surface area (Å²) >= 11 is 0. The zero-order chi connectivity index (χ0) is 15.3. The van der Waals surface area contributed by atoms with Gasteiger partial charge in [0, 0.05) is 11.1 Å². The van der Waals surface area contributed by atoms with Crippen molar-refractivity contribution in [3.05, 3.63) is 29.3 Å². The molecule has 1 N–H and O–H groups in total. The Morgan fingerprint density at radius 1 is 1.30 bits per heavy atom. The first-order chi connectivity index (χ1) is 9.30. The average Bonchev–Trinajstić information content (AvgIpc) is 2.57. The third-order valence-electron chi connectivity index (χ3n) is 3.75. The molecule has 1 aliphatic rings. The number of aliphatic imine (C=N–C) groups is 1. The Morgan fingerprint density at radius 3 is 2.45 bits per heavy atom. The number of hydrogen-bond donors (Lipinski definition) is 2. The summed E-state index contributed by atoms with van der Waals surface area (Å²) in [7, 11) is -3.12. The number of hydrogen-bond acceptors (Lipinski definition) is 3. The quantitative estimate of drug-likeness (QED) is 0.663. The second-order valence-corrected chi connectivity index (χ2v) is 5.95. The highest BCUT2D eigenvalue weighted by Gasteiger charge is 2.33. The molecule has 5 heteroatoms. The van der Waals surface area contributed by atoms with E-state index >= 15 is 0 Å². The predicted octanol–water partition coefficient (Wildman–Crippen LogP) is 3.48. The maximum absolute atomic E-state index is 8.59. The van der Waals surface area contributed by atoms with Gasteiger partial charge in [-0.2, -0.15) is 0 Å². The fraction of sp³-hybridized carbons (Fsp3) is 0.533. The molecule has 0 amide bonds. The highest BCUT2D eigenvalue weighted by atomic mass is 32.2. The van der Waals surface area contributed by atoms with Gasteiger partial charge in [-0.15, -0.1) is 0 Å². The molecule has 0 aliphatic carbocycles. The molecular weight excluding hydrogens is 274 g/mol. The van der Waals surface area contributed by atoms with Gasteiger partial charge in [-0.1, -0.05) is 39.3 Å². The topological polar surface area (TPSA) is 66.7 Å². The number of aryl methyl sites for hydroxylation is 1. The van der Waals surface area contributed by atoms with E-state index in [1.54, 1.807) is 0 Å². The SMILES string of the molecule is CCCCc1cccc2c1C(C)(C)C(C)=N2.O=[SH](=O)O. The molecule has 0 saturated heterocycles. The van der Waals surface area contributed by atoms with Crippen molar-refractivity contribution >= 4 is 22.4 Å². The summed E-state index contributed by atoms with van der Waals surface area (Å²) in [6.07, 6.45) is 3.71. The first-order valence-electron chi connectivity index (χ1n) is 6.82. The Labute approximate surface area is 122 Å². The predicted molar refractivity (Wildman–Crippen MR) is 83.8 cm³/mol. The lowest BCUT2D eigenvalue weighted by Crippen LogP contribution is -2.24. The Hall–Kier alpha value is -1.20. The minimum Gasteiger partial charge on any atom is -0.288 e. The van der Waals surface area contributed by atoms with Gasteiger partial charge in [-0.05, 0) is 37.0 Å². The van der Waals surface area contributed by atoms with E-state index < -0.39 is 11.0 Å². The van der Waals surface area contributed by atoms with Crippen LogP contribution < -0.4 is 0 Å². The van der Waals surface area contributed by atoms with Crippen LogP contribution >= 0.6 is 0 Å². The summed E-state index contributed by atoms with van der Waals surface area (Å²) in [6, 6.07) is 6.55. The van der Waals surface area contributed by atoms with Gasteiger partial charge >= 0.3 is 0 Å². The smallest absolute Gasteiger partial charge is 0.254 e. The van der Waals surface area contributed by atoms with Crippen molar-refractivity contribution in [2.45, 2.75) is 52.4 Å². The zero-order valence-corrected chi connectivity index (χ0v) is 13.4. The summed E-state index contributed by atoms with van der Waals surface area (Å²) in [5.74, 6) is 0. The van der Waals surface area contributed by atoms with Crippen molar-refractivity contribution in [2.24, 2.45) is 4.99 Å². The van der Waals surface area contributed by atoms with Gasteiger partial charge in [0.2, 0.25) is 0 Å². The number of thiol groups is 1. The summed E-state index contributed by atoms with van der Waals surface area (Å²) in [6.45, 7) is 8.96. The minimum absolute atomic E-state index is 0.125. The van der Waals surface area contributed by atoms with Gasteiger partial charge in [0.05, 0.1) is 5.69 Å². The Kier molecular flexibility index (Phi) is 5.89. The molecule has 0 atom stereocenters. The molecule has 0 bridgehead atoms. The van der Waals surface area contributed by atoms with Gasteiger partial charge < -0.3 is 0 Å². The molecule has 0 spiro atoms. The molecule has 1 aromatic carbocycles. The lowest BCUT2D eigenvalue weighted by molar-refractivity contribution is 0.509. The van der Waals surface area contributed by atoms with Crippen LogP contribution in [0.25, 0.3) is 0 Å². The number of benzene rings is 1. The van der Waals surface area contributed by atoms with Crippen LogP contribution in [0.1, 0.15) is 51.7 Å². The monoisotopic (exact) mass is 297 g/mol. The van der Waals surface area contributed by atoms with Crippen molar-refractivity contribution in [3.8, 4) is 0 Å². The van der Waals surface area contributed by atoms with Gasteiger partial charge in [0.1, 0.15) is 0 Å². The van der Waals surface area contributed by atoms with Crippen LogP contribution in [0.2, 0.25) is 0 Å². The summed E-state index contributed by atoms with van der Waals surface area (Å²) in [4.78, 5) is 4.69. The van der Waals surface area contributed by atoms with Crippen LogP contribution in [0.3, 0.4) is 0 Å². The van der Waals surface area contributed by atoms with E-state index in [1.165, 1.54) is 41.8 Å². The number of nitrogens with zero attached hydrogens (tertiary/aromatic N) is 1. The van der Waals surface area contributed by atoms with Gasteiger partial charge in [-0.3, -0.25) is 9.55 Å². The molecule has 2 rings (SSSR count). The average molecular weight is 297 g/mol. The minimum atomic E-state index is -3.12. The Bertz CT molecular complexity index is 566. The lowest BCUT2D eigenvalue weighted by atomic mass is 9.79. The van der Waals surface area contributed by atoms with E-state index in [0.29, 0.717) is 0 Å². The first-order valence-corrected chi connectivity index (χ1v) is 7.95. The summed E-state index contributed by atoms with van der Waals surface area (Å²) in [5, 5.41) is 0. The van der Waals surface area contributed by atoms with Gasteiger partial charge in [0.25, 0.3) is 11.0 Å². The van der Waals surface area contributed by atoms with E-state index in [1.807, 2.05) is 0 Å². The molecule has 1 heterocycles. The van der Waals surface area contributed by atoms with Gasteiger partial charge in [-0.25, -0.2) is 8.42 Å². The van der Waals surface area contributed by atoms with E-state index in [-0.39, 0.29) is 5.41 Å². The second kappa shape index (κ2) is 6.99. The van der Waals surface area contributed by atoms with Crippen LogP contribution in [0.5, 0.6) is 0 Å².